The summed E-state index contributed by atoms with van der Waals surface area (Å²) < 4.78 is 25.3. The Morgan fingerprint density at radius 1 is 1.11 bits per heavy atom. The smallest absolute Gasteiger partial charge is 0.244 e. The molecule has 0 spiro atoms. The minimum atomic E-state index is -3.44. The maximum Gasteiger partial charge on any atom is 0.244 e. The second-order valence-electron chi connectivity index (χ2n) is 6.10. The van der Waals surface area contributed by atoms with Crippen molar-refractivity contribution < 1.29 is 8.42 Å². The summed E-state index contributed by atoms with van der Waals surface area (Å²) in [7, 11) is -0.427. The summed E-state index contributed by atoms with van der Waals surface area (Å²) >= 11 is 3.17. The maximum absolute atomic E-state index is 12.1. The van der Waals surface area contributed by atoms with Crippen LogP contribution in [0.2, 0.25) is 0 Å². The minimum absolute atomic E-state index is 0.198. The molecule has 8 heteroatoms. The van der Waals surface area contributed by atoms with Gasteiger partial charge in [-0.15, -0.1) is 23.1 Å². The topological polar surface area (TPSA) is 63.2 Å². The standard InChI is InChI=1S/C19H21N3O2S3/c1-4-14-5-7-15(8-6-14)19-21-16(13-26-19)12-25-18-10-9-17(11-20-18)27(23,24)22(2)3/h5-11,13H,4,12H2,1-3H3. The molecule has 2 aromatic heterocycles. The number of hydrogen-bond acceptors (Lipinski definition) is 6. The molecule has 0 saturated carbocycles. The number of hydrogen-bond donors (Lipinski definition) is 0. The summed E-state index contributed by atoms with van der Waals surface area (Å²) in [6.45, 7) is 2.14. The van der Waals surface area contributed by atoms with Crippen molar-refractivity contribution >= 4 is 33.1 Å². The van der Waals surface area contributed by atoms with Crippen LogP contribution in [0.5, 0.6) is 0 Å². The number of aryl methyl sites for hydroxylation is 1. The van der Waals surface area contributed by atoms with Gasteiger partial charge in [-0.1, -0.05) is 31.2 Å². The molecule has 3 aromatic rings. The summed E-state index contributed by atoms with van der Waals surface area (Å²) in [5.74, 6) is 0.691. The zero-order valence-electron chi connectivity index (χ0n) is 15.4. The molecule has 0 radical (unpaired) electrons. The maximum atomic E-state index is 12.1. The quantitative estimate of drug-likeness (QED) is 0.534. The summed E-state index contributed by atoms with van der Waals surface area (Å²) in [5, 5.41) is 3.84. The van der Waals surface area contributed by atoms with Crippen molar-refractivity contribution in [3.8, 4) is 10.6 Å². The fourth-order valence-corrected chi connectivity index (χ4v) is 4.87. The molecule has 0 saturated heterocycles. The largest absolute Gasteiger partial charge is 0.249 e. The molecule has 27 heavy (non-hydrogen) atoms. The first kappa shape index (κ1) is 20.0. The number of thioether (sulfide) groups is 1. The number of rotatable bonds is 7. The fourth-order valence-electron chi connectivity index (χ4n) is 2.35. The highest BCUT2D eigenvalue weighted by Gasteiger charge is 2.17. The molecule has 142 valence electrons. The Bertz CT molecular complexity index is 995. The third kappa shape index (κ3) is 4.76. The Hall–Kier alpha value is -1.74. The average molecular weight is 420 g/mol. The van der Waals surface area contributed by atoms with Crippen LogP contribution in [0.15, 0.2) is 57.9 Å². The number of aromatic nitrogens is 2. The predicted octanol–water partition coefficient (Wildman–Crippen LogP) is 4.31. The van der Waals surface area contributed by atoms with E-state index in [9.17, 15) is 8.42 Å². The lowest BCUT2D eigenvalue weighted by molar-refractivity contribution is 0.520. The van der Waals surface area contributed by atoms with E-state index in [1.807, 2.05) is 0 Å². The van der Waals surface area contributed by atoms with E-state index in [-0.39, 0.29) is 4.90 Å². The van der Waals surface area contributed by atoms with Gasteiger partial charge >= 0.3 is 0 Å². The summed E-state index contributed by atoms with van der Waals surface area (Å²) in [4.78, 5) is 9.16. The summed E-state index contributed by atoms with van der Waals surface area (Å²) in [6.07, 6.45) is 2.43. The van der Waals surface area contributed by atoms with Crippen LogP contribution in [-0.2, 0) is 22.2 Å². The van der Waals surface area contributed by atoms with Crippen molar-refractivity contribution in [2.75, 3.05) is 14.1 Å². The zero-order chi connectivity index (χ0) is 19.4. The molecule has 0 N–H and O–H groups in total. The van der Waals surface area contributed by atoms with Crippen LogP contribution in [0.3, 0.4) is 0 Å². The first-order valence-electron chi connectivity index (χ1n) is 8.45. The van der Waals surface area contributed by atoms with E-state index in [1.165, 1.54) is 30.2 Å². The minimum Gasteiger partial charge on any atom is -0.249 e. The molecule has 5 nitrogen and oxygen atoms in total. The lowest BCUT2D eigenvalue weighted by Crippen LogP contribution is -2.22. The second-order valence-corrected chi connectivity index (χ2v) is 10.1. The van der Waals surface area contributed by atoms with Gasteiger partial charge in [-0.05, 0) is 24.1 Å². The molecule has 0 fully saturated rings. The van der Waals surface area contributed by atoms with Gasteiger partial charge in [-0.2, -0.15) is 0 Å². The van der Waals surface area contributed by atoms with Gasteiger partial charge in [-0.3, -0.25) is 0 Å². The van der Waals surface area contributed by atoms with E-state index in [4.69, 9.17) is 4.98 Å². The van der Waals surface area contributed by atoms with Gasteiger partial charge in [0.2, 0.25) is 10.0 Å². The van der Waals surface area contributed by atoms with Crippen molar-refractivity contribution in [3.05, 3.63) is 59.2 Å². The van der Waals surface area contributed by atoms with Crippen LogP contribution in [0, 0.1) is 0 Å². The van der Waals surface area contributed by atoms with Gasteiger partial charge in [0.05, 0.1) is 10.7 Å². The lowest BCUT2D eigenvalue weighted by Gasteiger charge is -2.10. The van der Waals surface area contributed by atoms with Crippen LogP contribution in [0.1, 0.15) is 18.2 Å². The van der Waals surface area contributed by atoms with E-state index in [1.54, 1.807) is 35.2 Å². The van der Waals surface area contributed by atoms with Crippen LogP contribution >= 0.6 is 23.1 Å². The van der Waals surface area contributed by atoms with E-state index in [2.05, 4.69) is 41.6 Å². The normalized spacial score (nSPS) is 11.9. The van der Waals surface area contributed by atoms with Crippen molar-refractivity contribution in [3.63, 3.8) is 0 Å². The van der Waals surface area contributed by atoms with Crippen molar-refractivity contribution in [1.82, 2.24) is 14.3 Å². The number of benzene rings is 1. The van der Waals surface area contributed by atoms with Crippen LogP contribution < -0.4 is 0 Å². The highest BCUT2D eigenvalue weighted by molar-refractivity contribution is 7.98. The molecular weight excluding hydrogens is 398 g/mol. The molecule has 0 amide bonds. The summed E-state index contributed by atoms with van der Waals surface area (Å²) in [5.41, 5.74) is 3.44. The fraction of sp³-hybridized carbons (Fsp3) is 0.263. The third-order valence-electron chi connectivity index (χ3n) is 4.02. The SMILES string of the molecule is CCc1ccc(-c2nc(CSc3ccc(S(=O)(=O)N(C)C)cn3)cs2)cc1. The first-order chi connectivity index (χ1) is 12.9. The van der Waals surface area contributed by atoms with Crippen LogP contribution in [-0.4, -0.2) is 36.8 Å². The average Bonchev–Trinajstić information content (AvgIpc) is 3.15. The number of nitrogens with zero attached hydrogens (tertiary/aromatic N) is 3. The molecule has 0 aliphatic heterocycles. The Labute approximate surface area is 168 Å². The van der Waals surface area contributed by atoms with Gasteiger partial charge in [0, 0.05) is 37.0 Å². The molecule has 0 bridgehead atoms. The zero-order valence-corrected chi connectivity index (χ0v) is 17.9. The highest BCUT2D eigenvalue weighted by Crippen LogP contribution is 2.28. The van der Waals surface area contributed by atoms with Gasteiger partial charge in [0.25, 0.3) is 0 Å². The molecule has 2 heterocycles. The number of thiazole rings is 1. The molecule has 0 unspecified atom stereocenters. The van der Waals surface area contributed by atoms with E-state index >= 15 is 0 Å². The lowest BCUT2D eigenvalue weighted by atomic mass is 10.1. The van der Waals surface area contributed by atoms with E-state index in [0.717, 1.165) is 27.7 Å². The van der Waals surface area contributed by atoms with Crippen LogP contribution in [0.4, 0.5) is 0 Å². The van der Waals surface area contributed by atoms with Gasteiger partial charge < -0.3 is 0 Å². The Balaban J connectivity index is 1.64. The molecule has 0 aliphatic rings. The molecule has 1 aromatic carbocycles. The predicted molar refractivity (Wildman–Crippen MR) is 112 cm³/mol. The van der Waals surface area contributed by atoms with E-state index in [0.29, 0.717) is 5.75 Å². The van der Waals surface area contributed by atoms with Crippen molar-refractivity contribution in [1.29, 1.82) is 0 Å². The Morgan fingerprint density at radius 3 is 2.44 bits per heavy atom. The highest BCUT2D eigenvalue weighted by atomic mass is 32.2. The second kappa shape index (κ2) is 8.52. The molecule has 0 aliphatic carbocycles. The Kier molecular flexibility index (Phi) is 6.31. The number of sulfonamides is 1. The third-order valence-corrected chi connectivity index (χ3v) is 7.73. The summed E-state index contributed by atoms with van der Waals surface area (Å²) in [6, 6.07) is 11.8. The van der Waals surface area contributed by atoms with Gasteiger partial charge in [0.1, 0.15) is 9.90 Å². The monoisotopic (exact) mass is 419 g/mol. The molecular formula is C19H21N3O2S3. The first-order valence-corrected chi connectivity index (χ1v) is 11.8. The number of pyridine rings is 1. The van der Waals surface area contributed by atoms with E-state index < -0.39 is 10.0 Å². The van der Waals surface area contributed by atoms with Gasteiger partial charge in [-0.25, -0.2) is 22.7 Å². The van der Waals surface area contributed by atoms with Crippen molar-refractivity contribution in [2.45, 2.75) is 29.0 Å². The Morgan fingerprint density at radius 2 is 1.85 bits per heavy atom. The molecule has 0 atom stereocenters. The van der Waals surface area contributed by atoms with Crippen LogP contribution in [0.25, 0.3) is 10.6 Å². The van der Waals surface area contributed by atoms with Gasteiger partial charge in [0.15, 0.2) is 0 Å². The molecule has 3 rings (SSSR count). The van der Waals surface area contributed by atoms with Crippen molar-refractivity contribution in [2.24, 2.45) is 0 Å².